The Bertz CT molecular complexity index is 1660. The first-order valence-corrected chi connectivity index (χ1v) is 15.5. The summed E-state index contributed by atoms with van der Waals surface area (Å²) in [6.45, 7) is 5.35. The number of hydrogen-bond donors (Lipinski definition) is 2. The number of aliphatic hydroxyl groups excluding tert-OH is 1. The summed E-state index contributed by atoms with van der Waals surface area (Å²) in [5.74, 6) is 0.864. The number of piperidine rings is 2. The number of aliphatic hydroxyl groups is 1. The zero-order valence-electron chi connectivity index (χ0n) is 24.3. The number of carbonyl (C=O) groups is 2. The van der Waals surface area contributed by atoms with Gasteiger partial charge in [0.15, 0.2) is 0 Å². The number of rotatable bonds is 6. The Morgan fingerprint density at radius 3 is 2.57 bits per heavy atom. The number of hydrogen-bond acceptors (Lipinski definition) is 5. The third-order valence-corrected chi connectivity index (χ3v) is 9.62. The van der Waals surface area contributed by atoms with Crippen LogP contribution >= 0.6 is 0 Å². The van der Waals surface area contributed by atoms with E-state index in [9.17, 15) is 14.7 Å². The number of amides is 2. The number of carbonyl (C=O) groups excluding carboxylic acids is 2. The number of pyridine rings is 1. The molecule has 0 spiro atoms. The molecular formula is C33H40N6O3. The minimum atomic E-state index is -0.422. The molecular weight excluding hydrogens is 528 g/mol. The zero-order chi connectivity index (χ0) is 29.0. The van der Waals surface area contributed by atoms with E-state index in [0.29, 0.717) is 37.0 Å². The normalized spacial score (nSPS) is 20.1. The van der Waals surface area contributed by atoms with E-state index < -0.39 is 6.61 Å². The number of nitrogens with zero attached hydrogens (tertiary/aromatic N) is 5. The molecule has 4 aromatic rings. The molecule has 2 amide bonds. The molecule has 3 aromatic heterocycles. The summed E-state index contributed by atoms with van der Waals surface area (Å²) in [6, 6.07) is 12.9. The van der Waals surface area contributed by atoms with Crippen molar-refractivity contribution in [3.8, 4) is 11.4 Å². The Labute approximate surface area is 245 Å². The van der Waals surface area contributed by atoms with Crippen molar-refractivity contribution in [1.82, 2.24) is 24.0 Å². The van der Waals surface area contributed by atoms with Crippen LogP contribution in [0, 0.1) is 12.8 Å². The molecule has 42 heavy (non-hydrogen) atoms. The number of para-hydroxylation sites is 1. The molecule has 220 valence electrons. The van der Waals surface area contributed by atoms with Crippen LogP contribution in [0.2, 0.25) is 0 Å². The van der Waals surface area contributed by atoms with Gasteiger partial charge in [0, 0.05) is 55.9 Å². The minimum Gasteiger partial charge on any atom is -0.387 e. The van der Waals surface area contributed by atoms with Gasteiger partial charge in [0.05, 0.1) is 22.3 Å². The molecule has 3 fully saturated rings. The maximum atomic E-state index is 13.3. The predicted molar refractivity (Wildman–Crippen MR) is 162 cm³/mol. The van der Waals surface area contributed by atoms with E-state index >= 15 is 0 Å². The molecule has 0 bridgehead atoms. The average molecular weight is 569 g/mol. The van der Waals surface area contributed by atoms with E-state index in [2.05, 4.69) is 35.8 Å². The van der Waals surface area contributed by atoms with Crippen molar-refractivity contribution in [2.75, 3.05) is 32.8 Å². The molecule has 1 aliphatic carbocycles. The van der Waals surface area contributed by atoms with E-state index in [-0.39, 0.29) is 17.9 Å². The first kappa shape index (κ1) is 27.2. The third-order valence-electron chi connectivity index (χ3n) is 9.62. The van der Waals surface area contributed by atoms with Crippen molar-refractivity contribution >= 4 is 28.2 Å². The van der Waals surface area contributed by atoms with E-state index in [4.69, 9.17) is 10.8 Å². The SMILES string of the molecule is Cc1c(-c2cc3cccc(C4CCN(C(=O)CO)CC4)c3n2CC2CC2)nn2cc(C(=O)N3CCC[C@@H](N)C3)ccc12. The molecule has 1 saturated carbocycles. The molecule has 7 rings (SSSR count). The van der Waals surface area contributed by atoms with Crippen molar-refractivity contribution in [3.05, 3.63) is 59.3 Å². The number of aryl methyl sites for hydroxylation is 1. The lowest BCUT2D eigenvalue weighted by atomic mass is 9.88. The van der Waals surface area contributed by atoms with Crippen LogP contribution in [-0.4, -0.2) is 79.7 Å². The predicted octanol–water partition coefficient (Wildman–Crippen LogP) is 3.94. The van der Waals surface area contributed by atoms with Gasteiger partial charge in [0.25, 0.3) is 5.91 Å². The van der Waals surface area contributed by atoms with Gasteiger partial charge in [-0.25, -0.2) is 4.52 Å². The Kier molecular flexibility index (Phi) is 7.02. The van der Waals surface area contributed by atoms with Crippen molar-refractivity contribution in [1.29, 1.82) is 0 Å². The van der Waals surface area contributed by atoms with Crippen molar-refractivity contribution < 1.29 is 14.7 Å². The summed E-state index contributed by atoms with van der Waals surface area (Å²) in [6.07, 6.45) is 8.05. The highest BCUT2D eigenvalue weighted by Gasteiger charge is 2.30. The number of benzene rings is 1. The second-order valence-electron chi connectivity index (χ2n) is 12.6. The Balaban J connectivity index is 1.26. The van der Waals surface area contributed by atoms with Gasteiger partial charge in [-0.1, -0.05) is 18.2 Å². The molecule has 9 heteroatoms. The topological polar surface area (TPSA) is 109 Å². The molecule has 1 aromatic carbocycles. The number of aromatic nitrogens is 3. The Hall–Kier alpha value is -3.69. The first-order valence-electron chi connectivity index (χ1n) is 15.5. The summed E-state index contributed by atoms with van der Waals surface area (Å²) >= 11 is 0. The standard InChI is InChI=1S/C33H40N6O3/c1-21-28-10-9-25(33(42)37-13-3-5-26(34)19-37)18-39(28)35-31(21)29-16-24-4-2-6-27(32(24)38(29)17-22-7-8-22)23-11-14-36(15-12-23)30(41)20-40/h2,4,6,9-10,16,18,22-23,26,40H,3,5,7-8,11-15,17,19-20,34H2,1H3/t26-/m1/s1. The summed E-state index contributed by atoms with van der Waals surface area (Å²) in [7, 11) is 0. The smallest absolute Gasteiger partial charge is 0.255 e. The molecule has 0 radical (unpaired) electrons. The number of fused-ring (bicyclic) bond motifs is 2. The van der Waals surface area contributed by atoms with Crippen molar-refractivity contribution in [3.63, 3.8) is 0 Å². The number of nitrogens with two attached hydrogens (primary N) is 1. The van der Waals surface area contributed by atoms with Gasteiger partial charge in [-0.05, 0) is 81.0 Å². The average Bonchev–Trinajstić information content (AvgIpc) is 3.68. The van der Waals surface area contributed by atoms with Crippen LogP contribution in [0.25, 0.3) is 27.8 Å². The number of likely N-dealkylation sites (tertiary alicyclic amines) is 2. The van der Waals surface area contributed by atoms with Crippen LogP contribution in [0.1, 0.15) is 65.9 Å². The first-order chi connectivity index (χ1) is 20.4. The fourth-order valence-electron chi connectivity index (χ4n) is 7.09. The maximum Gasteiger partial charge on any atom is 0.255 e. The second kappa shape index (κ2) is 10.9. The molecule has 3 N–H and O–H groups in total. The monoisotopic (exact) mass is 568 g/mol. The maximum absolute atomic E-state index is 13.3. The van der Waals surface area contributed by atoms with E-state index in [0.717, 1.165) is 61.2 Å². The van der Waals surface area contributed by atoms with Gasteiger partial charge in [0.2, 0.25) is 5.91 Å². The quantitative estimate of drug-likeness (QED) is 0.366. The summed E-state index contributed by atoms with van der Waals surface area (Å²) in [5, 5.41) is 15.6. The zero-order valence-corrected chi connectivity index (χ0v) is 24.3. The molecule has 2 aliphatic heterocycles. The molecule has 0 unspecified atom stereocenters. The third kappa shape index (κ3) is 4.88. The summed E-state index contributed by atoms with van der Waals surface area (Å²) in [5.41, 5.74) is 13.6. The second-order valence-corrected chi connectivity index (χ2v) is 12.6. The molecule has 3 aliphatic rings. The van der Waals surface area contributed by atoms with Crippen LogP contribution in [0.4, 0.5) is 0 Å². The van der Waals surface area contributed by atoms with Gasteiger partial charge in [0.1, 0.15) is 12.3 Å². The molecule has 1 atom stereocenters. The van der Waals surface area contributed by atoms with Crippen LogP contribution in [-0.2, 0) is 11.3 Å². The van der Waals surface area contributed by atoms with Crippen molar-refractivity contribution in [2.24, 2.45) is 11.7 Å². The molecule has 9 nitrogen and oxygen atoms in total. The Morgan fingerprint density at radius 2 is 1.83 bits per heavy atom. The largest absolute Gasteiger partial charge is 0.387 e. The van der Waals surface area contributed by atoms with E-state index in [1.807, 2.05) is 27.7 Å². The van der Waals surface area contributed by atoms with Crippen LogP contribution in [0.15, 0.2) is 42.6 Å². The van der Waals surface area contributed by atoms with Crippen LogP contribution in [0.5, 0.6) is 0 Å². The lowest BCUT2D eigenvalue weighted by molar-refractivity contribution is -0.135. The lowest BCUT2D eigenvalue weighted by Crippen LogP contribution is -2.45. The van der Waals surface area contributed by atoms with Gasteiger partial charge in [-0.15, -0.1) is 0 Å². The van der Waals surface area contributed by atoms with E-state index in [1.54, 1.807) is 4.90 Å². The lowest BCUT2D eigenvalue weighted by Gasteiger charge is -2.32. The van der Waals surface area contributed by atoms with E-state index in [1.165, 1.54) is 29.3 Å². The molecule has 2 saturated heterocycles. The van der Waals surface area contributed by atoms with Crippen LogP contribution in [0.3, 0.4) is 0 Å². The highest BCUT2D eigenvalue weighted by molar-refractivity contribution is 5.95. The highest BCUT2D eigenvalue weighted by Crippen LogP contribution is 2.41. The minimum absolute atomic E-state index is 0.0148. The summed E-state index contributed by atoms with van der Waals surface area (Å²) < 4.78 is 4.36. The van der Waals surface area contributed by atoms with Crippen molar-refractivity contribution in [2.45, 2.75) is 64.0 Å². The molecule has 5 heterocycles. The van der Waals surface area contributed by atoms with Gasteiger partial charge in [-0.3, -0.25) is 9.59 Å². The van der Waals surface area contributed by atoms with Gasteiger partial charge in [-0.2, -0.15) is 5.10 Å². The van der Waals surface area contributed by atoms with Crippen LogP contribution < -0.4 is 5.73 Å². The summed E-state index contributed by atoms with van der Waals surface area (Å²) in [4.78, 5) is 29.0. The Morgan fingerprint density at radius 1 is 1.02 bits per heavy atom. The fourth-order valence-corrected chi connectivity index (χ4v) is 7.09. The fraction of sp³-hybridized carbons (Fsp3) is 0.485. The van der Waals surface area contributed by atoms with Gasteiger partial charge >= 0.3 is 0 Å². The van der Waals surface area contributed by atoms with Gasteiger partial charge < -0.3 is 25.2 Å². The highest BCUT2D eigenvalue weighted by atomic mass is 16.3.